The minimum absolute atomic E-state index is 0.0856. The molecule has 0 atom stereocenters. The van der Waals surface area contributed by atoms with Gasteiger partial charge in [0.1, 0.15) is 5.75 Å². The van der Waals surface area contributed by atoms with Crippen LogP contribution in [0.2, 0.25) is 10.0 Å². The van der Waals surface area contributed by atoms with Gasteiger partial charge in [-0.2, -0.15) is 9.78 Å². The summed E-state index contributed by atoms with van der Waals surface area (Å²) in [5, 5.41) is 21.4. The van der Waals surface area contributed by atoms with Crippen LogP contribution in [0, 0.1) is 0 Å². The van der Waals surface area contributed by atoms with Gasteiger partial charge in [-0.3, -0.25) is 4.79 Å². The number of halogens is 2. The van der Waals surface area contributed by atoms with Gasteiger partial charge in [-0.15, -0.1) is 0 Å². The van der Waals surface area contributed by atoms with Gasteiger partial charge in [0.2, 0.25) is 0 Å². The Hall–Kier alpha value is -3.81. The van der Waals surface area contributed by atoms with Crippen LogP contribution >= 0.6 is 23.2 Å². The van der Waals surface area contributed by atoms with Gasteiger partial charge in [0.05, 0.1) is 27.0 Å². The monoisotopic (exact) mass is 534 g/mol. The van der Waals surface area contributed by atoms with Crippen LogP contribution in [0.5, 0.6) is 5.75 Å². The summed E-state index contributed by atoms with van der Waals surface area (Å²) in [5.41, 5.74) is 3.24. The van der Waals surface area contributed by atoms with Crippen LogP contribution in [0.1, 0.15) is 46.8 Å². The lowest BCUT2D eigenvalue weighted by molar-refractivity contribution is 0.102. The zero-order valence-corrected chi connectivity index (χ0v) is 21.3. The van der Waals surface area contributed by atoms with Gasteiger partial charge in [-0.05, 0) is 48.7 Å². The molecule has 0 bridgehead atoms. The van der Waals surface area contributed by atoms with Gasteiger partial charge in [0.25, 0.3) is 5.91 Å². The highest BCUT2D eigenvalue weighted by Gasteiger charge is 2.27. The molecule has 1 aromatic heterocycles. The van der Waals surface area contributed by atoms with Crippen molar-refractivity contribution in [3.63, 3.8) is 0 Å². The van der Waals surface area contributed by atoms with Gasteiger partial charge in [0.15, 0.2) is 0 Å². The van der Waals surface area contributed by atoms with Crippen LogP contribution in [0.3, 0.4) is 0 Å². The molecule has 1 aliphatic rings. The van der Waals surface area contributed by atoms with Gasteiger partial charge in [0, 0.05) is 29.8 Å². The van der Waals surface area contributed by atoms with Crippen molar-refractivity contribution in [1.29, 1.82) is 0 Å². The molecule has 1 aliphatic carbocycles. The fourth-order valence-corrected chi connectivity index (χ4v) is 4.84. The second-order valence-corrected chi connectivity index (χ2v) is 9.74. The van der Waals surface area contributed by atoms with E-state index < -0.39 is 5.91 Å². The number of amides is 2. The number of phenols is 1. The lowest BCUT2D eigenvalue weighted by Gasteiger charge is -2.25. The standard InChI is InChI=1S/C28H24Cl2N4O3/c29-21-10-5-11-22(30)26(21)27(36)32-19-12-13-20(25(35)14-19)23-15-24(18-8-4-9-18)34(33-23)28(37)31-16-17-6-2-1-3-7-17/h1-3,5-7,10-15,18,35H,4,8-9,16H2,(H,31,37)(H,32,36). The number of carbonyl (C=O) groups excluding carboxylic acids is 2. The summed E-state index contributed by atoms with van der Waals surface area (Å²) >= 11 is 12.3. The van der Waals surface area contributed by atoms with Crippen molar-refractivity contribution in [3.05, 3.63) is 99.7 Å². The zero-order valence-electron chi connectivity index (χ0n) is 19.7. The molecule has 1 saturated carbocycles. The van der Waals surface area contributed by atoms with E-state index in [9.17, 15) is 14.7 Å². The Kier molecular flexibility index (Phi) is 7.17. The number of rotatable bonds is 6. The normalized spacial score (nSPS) is 13.1. The predicted molar refractivity (Wildman–Crippen MR) is 144 cm³/mol. The highest BCUT2D eigenvalue weighted by atomic mass is 35.5. The SMILES string of the molecule is O=C(Nc1ccc(-c2cc(C3CCC3)n(C(=O)NCc3ccccc3)n2)c(O)c1)c1c(Cl)cccc1Cl. The van der Waals surface area contributed by atoms with E-state index in [0.717, 1.165) is 30.5 Å². The highest BCUT2D eigenvalue weighted by molar-refractivity contribution is 6.40. The summed E-state index contributed by atoms with van der Waals surface area (Å²) in [7, 11) is 0. The second kappa shape index (κ2) is 10.7. The minimum Gasteiger partial charge on any atom is -0.507 e. The first-order valence-corrected chi connectivity index (χ1v) is 12.7. The number of anilines is 1. The maximum Gasteiger partial charge on any atom is 0.342 e. The van der Waals surface area contributed by atoms with Gasteiger partial charge in [-0.1, -0.05) is 66.0 Å². The first kappa shape index (κ1) is 24.9. The van der Waals surface area contributed by atoms with Crippen LogP contribution in [-0.2, 0) is 6.54 Å². The number of phenolic OH excluding ortho intramolecular Hbond substituents is 1. The molecule has 1 heterocycles. The molecular formula is C28H24Cl2N4O3. The zero-order chi connectivity index (χ0) is 25.9. The molecule has 0 radical (unpaired) electrons. The molecule has 0 aliphatic heterocycles. The molecule has 37 heavy (non-hydrogen) atoms. The molecular weight excluding hydrogens is 511 g/mol. The third-order valence-electron chi connectivity index (χ3n) is 6.46. The topological polar surface area (TPSA) is 96.3 Å². The summed E-state index contributed by atoms with van der Waals surface area (Å²) in [5.74, 6) is -0.336. The molecule has 4 aromatic rings. The molecule has 188 valence electrons. The maximum absolute atomic E-state index is 13.0. The molecule has 2 amide bonds. The summed E-state index contributed by atoms with van der Waals surface area (Å²) in [6, 6.07) is 20.7. The average Bonchev–Trinajstić information content (AvgIpc) is 3.26. The van der Waals surface area contributed by atoms with Crippen LogP contribution in [0.25, 0.3) is 11.3 Å². The minimum atomic E-state index is -0.491. The van der Waals surface area contributed by atoms with Crippen molar-refractivity contribution in [3.8, 4) is 17.0 Å². The lowest BCUT2D eigenvalue weighted by Crippen LogP contribution is -2.31. The number of hydrogen-bond donors (Lipinski definition) is 3. The Morgan fingerprint density at radius 2 is 1.70 bits per heavy atom. The highest BCUT2D eigenvalue weighted by Crippen LogP contribution is 2.39. The van der Waals surface area contributed by atoms with E-state index in [-0.39, 0.29) is 33.3 Å². The molecule has 5 rings (SSSR count). The number of nitrogens with zero attached hydrogens (tertiary/aromatic N) is 2. The molecule has 9 heteroatoms. The van der Waals surface area contributed by atoms with Gasteiger partial charge < -0.3 is 15.7 Å². The Morgan fingerprint density at radius 1 is 0.973 bits per heavy atom. The molecule has 7 nitrogen and oxygen atoms in total. The number of benzene rings is 3. The Morgan fingerprint density at radius 3 is 2.35 bits per heavy atom. The fraction of sp³-hybridized carbons (Fsp3) is 0.179. The quantitative estimate of drug-likeness (QED) is 0.252. The van der Waals surface area contributed by atoms with Gasteiger partial charge >= 0.3 is 6.03 Å². The third kappa shape index (κ3) is 5.33. The predicted octanol–water partition coefficient (Wildman–Crippen LogP) is 6.84. The number of nitrogens with one attached hydrogen (secondary N) is 2. The van der Waals surface area contributed by atoms with Crippen molar-refractivity contribution in [1.82, 2.24) is 15.1 Å². The van der Waals surface area contributed by atoms with Crippen LogP contribution in [0.4, 0.5) is 10.5 Å². The molecule has 1 fully saturated rings. The summed E-state index contributed by atoms with van der Waals surface area (Å²) in [6.45, 7) is 0.383. The van der Waals surface area contributed by atoms with Crippen molar-refractivity contribution in [2.45, 2.75) is 31.7 Å². The van der Waals surface area contributed by atoms with Crippen LogP contribution in [0.15, 0.2) is 72.8 Å². The van der Waals surface area contributed by atoms with Crippen molar-refractivity contribution < 1.29 is 14.7 Å². The maximum atomic E-state index is 13.0. The summed E-state index contributed by atoms with van der Waals surface area (Å²) in [6.07, 6.45) is 3.07. The second-order valence-electron chi connectivity index (χ2n) is 8.92. The first-order valence-electron chi connectivity index (χ1n) is 11.9. The van der Waals surface area contributed by atoms with Gasteiger partial charge in [-0.25, -0.2) is 4.79 Å². The number of aromatic hydroxyl groups is 1. The van der Waals surface area contributed by atoms with E-state index in [2.05, 4.69) is 15.7 Å². The van der Waals surface area contributed by atoms with Crippen molar-refractivity contribution >= 4 is 40.8 Å². The lowest BCUT2D eigenvalue weighted by atomic mass is 9.82. The molecule has 0 unspecified atom stereocenters. The van der Waals surface area contributed by atoms with E-state index in [4.69, 9.17) is 23.2 Å². The van der Waals surface area contributed by atoms with E-state index in [1.54, 1.807) is 30.3 Å². The first-order chi connectivity index (χ1) is 17.9. The van der Waals surface area contributed by atoms with E-state index in [1.807, 2.05) is 36.4 Å². The van der Waals surface area contributed by atoms with Crippen LogP contribution < -0.4 is 10.6 Å². The van der Waals surface area contributed by atoms with E-state index in [1.165, 1.54) is 10.7 Å². The van der Waals surface area contributed by atoms with E-state index in [0.29, 0.717) is 23.5 Å². The smallest absolute Gasteiger partial charge is 0.342 e. The van der Waals surface area contributed by atoms with Crippen molar-refractivity contribution in [2.75, 3.05) is 5.32 Å². The third-order valence-corrected chi connectivity index (χ3v) is 7.09. The largest absolute Gasteiger partial charge is 0.507 e. The molecule has 3 N–H and O–H groups in total. The number of hydrogen-bond acceptors (Lipinski definition) is 4. The summed E-state index contributed by atoms with van der Waals surface area (Å²) in [4.78, 5) is 25.7. The summed E-state index contributed by atoms with van der Waals surface area (Å²) < 4.78 is 1.40. The average molecular weight is 535 g/mol. The molecule has 3 aromatic carbocycles. The Bertz CT molecular complexity index is 1450. The van der Waals surface area contributed by atoms with E-state index >= 15 is 0 Å². The van der Waals surface area contributed by atoms with Crippen molar-refractivity contribution in [2.24, 2.45) is 0 Å². The Labute approximate surface area is 224 Å². The molecule has 0 spiro atoms. The number of aromatic nitrogens is 2. The van der Waals surface area contributed by atoms with Crippen LogP contribution in [-0.4, -0.2) is 26.8 Å². The fourth-order valence-electron chi connectivity index (χ4n) is 4.27. The molecule has 0 saturated heterocycles. The Balaban J connectivity index is 1.37. The number of carbonyl (C=O) groups is 2.